The molecule has 2 N–H and O–H groups in total. The highest BCUT2D eigenvalue weighted by atomic mass is 32.2. The van der Waals surface area contributed by atoms with E-state index >= 15 is 0 Å². The van der Waals surface area contributed by atoms with Crippen molar-refractivity contribution in [1.82, 2.24) is 9.29 Å². The molecule has 0 atom stereocenters. The number of pyridine rings is 1. The van der Waals surface area contributed by atoms with Crippen molar-refractivity contribution in [2.75, 3.05) is 19.3 Å². The highest BCUT2D eigenvalue weighted by Gasteiger charge is 2.28. The number of rotatable bonds is 4. The second-order valence-electron chi connectivity index (χ2n) is 5.63. The predicted octanol–water partition coefficient (Wildman–Crippen LogP) is 2.24. The Labute approximate surface area is 124 Å². The van der Waals surface area contributed by atoms with Crippen LogP contribution in [0.3, 0.4) is 0 Å². The second-order valence-corrected chi connectivity index (χ2v) is 7.65. The van der Waals surface area contributed by atoms with E-state index in [9.17, 15) is 8.42 Å². The van der Waals surface area contributed by atoms with Crippen molar-refractivity contribution in [2.45, 2.75) is 24.2 Å². The number of sulfonamides is 1. The highest BCUT2D eigenvalue weighted by Crippen LogP contribution is 2.31. The summed E-state index contributed by atoms with van der Waals surface area (Å²) in [5.41, 5.74) is 6.89. The van der Waals surface area contributed by atoms with Gasteiger partial charge in [-0.15, -0.1) is 0 Å². The molecule has 1 fully saturated rings. The third-order valence-corrected chi connectivity index (χ3v) is 6.05. The molecule has 1 aliphatic carbocycles. The summed E-state index contributed by atoms with van der Waals surface area (Å²) in [4.78, 5) is 4.45. The van der Waals surface area contributed by atoms with Crippen LogP contribution >= 0.6 is 0 Å². The lowest BCUT2D eigenvalue weighted by atomic mass is 9.86. The van der Waals surface area contributed by atoms with Crippen LogP contribution in [0.15, 0.2) is 35.4 Å². The van der Waals surface area contributed by atoms with E-state index in [2.05, 4.69) is 4.98 Å². The van der Waals surface area contributed by atoms with Gasteiger partial charge in [-0.2, -0.15) is 0 Å². The van der Waals surface area contributed by atoms with Gasteiger partial charge in [-0.25, -0.2) is 12.7 Å². The molecule has 2 aromatic rings. The van der Waals surface area contributed by atoms with Crippen molar-refractivity contribution >= 4 is 26.6 Å². The maximum absolute atomic E-state index is 12.8. The number of benzene rings is 1. The van der Waals surface area contributed by atoms with E-state index in [0.29, 0.717) is 29.1 Å². The van der Waals surface area contributed by atoms with Gasteiger partial charge in [-0.1, -0.05) is 6.42 Å². The summed E-state index contributed by atoms with van der Waals surface area (Å²) >= 11 is 0. The van der Waals surface area contributed by atoms with Crippen LogP contribution in [0.4, 0.5) is 5.69 Å². The van der Waals surface area contributed by atoms with Gasteiger partial charge in [0.2, 0.25) is 10.0 Å². The normalized spacial score (nSPS) is 16.3. The van der Waals surface area contributed by atoms with Gasteiger partial charge in [0.25, 0.3) is 0 Å². The van der Waals surface area contributed by atoms with Gasteiger partial charge >= 0.3 is 0 Å². The van der Waals surface area contributed by atoms with Gasteiger partial charge < -0.3 is 5.73 Å². The molecule has 1 aromatic heterocycles. The minimum absolute atomic E-state index is 0.231. The Morgan fingerprint density at radius 3 is 2.76 bits per heavy atom. The van der Waals surface area contributed by atoms with Crippen molar-refractivity contribution in [3.05, 3.63) is 30.5 Å². The van der Waals surface area contributed by atoms with E-state index < -0.39 is 10.0 Å². The lowest BCUT2D eigenvalue weighted by Crippen LogP contribution is -2.34. The molecule has 0 saturated heterocycles. The van der Waals surface area contributed by atoms with Gasteiger partial charge in [-0.05, 0) is 43.0 Å². The van der Waals surface area contributed by atoms with Crippen molar-refractivity contribution < 1.29 is 8.42 Å². The van der Waals surface area contributed by atoms with Crippen LogP contribution in [-0.4, -0.2) is 31.3 Å². The van der Waals surface area contributed by atoms with Gasteiger partial charge in [0, 0.05) is 30.9 Å². The largest absolute Gasteiger partial charge is 0.398 e. The zero-order valence-corrected chi connectivity index (χ0v) is 12.8. The molecule has 0 unspecified atom stereocenters. The molecule has 0 spiro atoms. The smallest absolute Gasteiger partial charge is 0.244 e. The van der Waals surface area contributed by atoms with Crippen LogP contribution in [0.25, 0.3) is 10.9 Å². The molecule has 1 aromatic carbocycles. The fraction of sp³-hybridized carbons (Fsp3) is 0.400. The maximum atomic E-state index is 12.8. The summed E-state index contributed by atoms with van der Waals surface area (Å²) in [6, 6.07) is 6.74. The Kier molecular flexibility index (Phi) is 3.59. The minimum atomic E-state index is -3.54. The number of hydrogen-bond acceptors (Lipinski definition) is 4. The van der Waals surface area contributed by atoms with Crippen molar-refractivity contribution in [1.29, 1.82) is 0 Å². The lowest BCUT2D eigenvalue weighted by Gasteiger charge is -2.29. The quantitative estimate of drug-likeness (QED) is 0.879. The summed E-state index contributed by atoms with van der Waals surface area (Å²) in [5, 5.41) is 0.676. The average Bonchev–Trinajstić information content (AvgIpc) is 2.43. The summed E-state index contributed by atoms with van der Waals surface area (Å²) in [6.45, 7) is 0.570. The molecule has 1 saturated carbocycles. The van der Waals surface area contributed by atoms with Crippen LogP contribution < -0.4 is 5.73 Å². The number of anilines is 1. The van der Waals surface area contributed by atoms with Crippen molar-refractivity contribution in [3.63, 3.8) is 0 Å². The molecule has 1 aliphatic rings. The number of nitrogens with zero attached hydrogens (tertiary/aromatic N) is 2. The monoisotopic (exact) mass is 305 g/mol. The van der Waals surface area contributed by atoms with Gasteiger partial charge in [-0.3, -0.25) is 4.98 Å². The topological polar surface area (TPSA) is 76.3 Å². The predicted molar refractivity (Wildman–Crippen MR) is 83.3 cm³/mol. The van der Waals surface area contributed by atoms with Crippen LogP contribution in [0, 0.1) is 5.92 Å². The van der Waals surface area contributed by atoms with Crippen LogP contribution in [0.5, 0.6) is 0 Å². The Bertz CT molecular complexity index is 770. The summed E-state index contributed by atoms with van der Waals surface area (Å²) in [7, 11) is -1.90. The third kappa shape index (κ3) is 2.49. The van der Waals surface area contributed by atoms with E-state index in [4.69, 9.17) is 5.73 Å². The third-order valence-electron chi connectivity index (χ3n) is 4.19. The van der Waals surface area contributed by atoms with E-state index in [0.717, 1.165) is 12.8 Å². The molecule has 0 amide bonds. The van der Waals surface area contributed by atoms with Gasteiger partial charge in [0.05, 0.1) is 5.52 Å². The van der Waals surface area contributed by atoms with Crippen molar-refractivity contribution in [3.8, 4) is 0 Å². The molecule has 112 valence electrons. The highest BCUT2D eigenvalue weighted by molar-refractivity contribution is 7.89. The molecule has 0 bridgehead atoms. The minimum Gasteiger partial charge on any atom is -0.398 e. The maximum Gasteiger partial charge on any atom is 0.244 e. The van der Waals surface area contributed by atoms with Crippen molar-refractivity contribution in [2.24, 2.45) is 5.92 Å². The summed E-state index contributed by atoms with van der Waals surface area (Å²) in [5.74, 6) is 0.484. The molecule has 6 heteroatoms. The second kappa shape index (κ2) is 5.27. The Morgan fingerprint density at radius 2 is 2.10 bits per heavy atom. The molecule has 1 heterocycles. The first kappa shape index (κ1) is 14.3. The zero-order valence-electron chi connectivity index (χ0n) is 12.0. The number of hydrogen-bond donors (Lipinski definition) is 1. The Balaban J connectivity index is 2.04. The lowest BCUT2D eigenvalue weighted by molar-refractivity contribution is 0.263. The first-order chi connectivity index (χ1) is 10.00. The molecule has 5 nitrogen and oxygen atoms in total. The van der Waals surface area contributed by atoms with E-state index in [-0.39, 0.29) is 4.90 Å². The van der Waals surface area contributed by atoms with Gasteiger partial charge in [0.15, 0.2) is 0 Å². The number of nitrogen functional groups attached to an aromatic ring is 1. The fourth-order valence-electron chi connectivity index (χ4n) is 2.68. The SMILES string of the molecule is CN(CC1CCC1)S(=O)(=O)c1ccc(N)c2cccnc12. The molecular weight excluding hydrogens is 286 g/mol. The number of nitrogens with two attached hydrogens (primary N) is 1. The fourth-order valence-corrected chi connectivity index (χ4v) is 4.07. The number of fused-ring (bicyclic) bond motifs is 1. The zero-order chi connectivity index (χ0) is 15.0. The average molecular weight is 305 g/mol. The Morgan fingerprint density at radius 1 is 1.33 bits per heavy atom. The molecule has 21 heavy (non-hydrogen) atoms. The molecule has 0 radical (unpaired) electrons. The standard InChI is InChI=1S/C15H19N3O2S/c1-18(10-11-4-2-5-11)21(19,20)14-8-7-13(16)12-6-3-9-17-15(12)14/h3,6-9,11H,2,4-5,10,16H2,1H3. The van der Waals surface area contributed by atoms with Crippen LogP contribution in [0.1, 0.15) is 19.3 Å². The van der Waals surface area contributed by atoms with E-state index in [1.165, 1.54) is 10.7 Å². The summed E-state index contributed by atoms with van der Waals surface area (Å²) < 4.78 is 27.0. The van der Waals surface area contributed by atoms with Crippen LogP contribution in [-0.2, 0) is 10.0 Å². The van der Waals surface area contributed by atoms with Crippen LogP contribution in [0.2, 0.25) is 0 Å². The summed E-state index contributed by atoms with van der Waals surface area (Å²) in [6.07, 6.45) is 5.01. The molecular formula is C15H19N3O2S. The van der Waals surface area contributed by atoms with E-state index in [1.54, 1.807) is 37.5 Å². The Hall–Kier alpha value is -1.66. The first-order valence-electron chi connectivity index (χ1n) is 7.09. The molecule has 3 rings (SSSR count). The number of aromatic nitrogens is 1. The van der Waals surface area contributed by atoms with E-state index in [1.807, 2.05) is 0 Å². The first-order valence-corrected chi connectivity index (χ1v) is 8.53. The van der Waals surface area contributed by atoms with Gasteiger partial charge in [0.1, 0.15) is 4.90 Å². The molecule has 0 aliphatic heterocycles.